The average molecular weight is 245 g/mol. The van der Waals surface area contributed by atoms with Gasteiger partial charge < -0.3 is 15.5 Å². The normalized spacial score (nSPS) is 17.4. The van der Waals surface area contributed by atoms with E-state index in [0.29, 0.717) is 17.4 Å². The third-order valence-electron chi connectivity index (χ3n) is 3.61. The molecule has 2 heterocycles. The van der Waals surface area contributed by atoms with E-state index in [0.717, 1.165) is 31.7 Å². The van der Waals surface area contributed by atoms with Gasteiger partial charge in [-0.2, -0.15) is 5.26 Å². The summed E-state index contributed by atoms with van der Waals surface area (Å²) in [5.74, 6) is 0.829. The van der Waals surface area contributed by atoms with E-state index in [9.17, 15) is 0 Å². The van der Waals surface area contributed by atoms with E-state index in [1.54, 1.807) is 6.07 Å². The number of likely N-dealkylation sites (tertiary alicyclic amines) is 1. The van der Waals surface area contributed by atoms with Gasteiger partial charge in [0.1, 0.15) is 11.9 Å². The van der Waals surface area contributed by atoms with Crippen LogP contribution in [0.1, 0.15) is 18.5 Å². The Morgan fingerprint density at radius 1 is 1.44 bits per heavy atom. The van der Waals surface area contributed by atoms with E-state index >= 15 is 0 Å². The second-order valence-corrected chi connectivity index (χ2v) is 4.86. The summed E-state index contributed by atoms with van der Waals surface area (Å²) in [5.41, 5.74) is 6.44. The molecule has 0 spiro atoms. The molecule has 1 fully saturated rings. The van der Waals surface area contributed by atoms with E-state index in [2.05, 4.69) is 21.8 Å². The van der Waals surface area contributed by atoms with Crippen molar-refractivity contribution in [2.45, 2.75) is 18.9 Å². The van der Waals surface area contributed by atoms with Gasteiger partial charge in [-0.15, -0.1) is 0 Å². The minimum Gasteiger partial charge on any atom is -0.396 e. The monoisotopic (exact) mass is 245 g/mol. The van der Waals surface area contributed by atoms with E-state index in [4.69, 9.17) is 11.0 Å². The fourth-order valence-corrected chi connectivity index (χ4v) is 2.31. The van der Waals surface area contributed by atoms with Crippen LogP contribution in [0.2, 0.25) is 0 Å². The van der Waals surface area contributed by atoms with Gasteiger partial charge in [0.25, 0.3) is 0 Å². The Bertz CT molecular complexity index is 457. The predicted octanol–water partition coefficient (Wildman–Crippen LogP) is 1.07. The summed E-state index contributed by atoms with van der Waals surface area (Å²) in [6.45, 7) is 2.21. The Kier molecular flexibility index (Phi) is 3.68. The maximum absolute atomic E-state index is 8.95. The Hall–Kier alpha value is -1.80. The van der Waals surface area contributed by atoms with Gasteiger partial charge in [0.2, 0.25) is 0 Å². The number of aromatic nitrogens is 1. The lowest BCUT2D eigenvalue weighted by Gasteiger charge is -2.35. The van der Waals surface area contributed by atoms with Crippen molar-refractivity contribution < 1.29 is 0 Å². The first-order valence-electron chi connectivity index (χ1n) is 6.20. The van der Waals surface area contributed by atoms with Crippen molar-refractivity contribution in [2.75, 3.05) is 37.8 Å². The van der Waals surface area contributed by atoms with Gasteiger partial charge in [-0.25, -0.2) is 4.98 Å². The molecule has 5 nitrogen and oxygen atoms in total. The Balaban J connectivity index is 2.14. The number of nitrogen functional groups attached to an aromatic ring is 1. The van der Waals surface area contributed by atoms with Gasteiger partial charge in [-0.3, -0.25) is 0 Å². The smallest absolute Gasteiger partial charge is 0.165 e. The van der Waals surface area contributed by atoms with Crippen molar-refractivity contribution in [2.24, 2.45) is 0 Å². The van der Waals surface area contributed by atoms with Crippen molar-refractivity contribution in [1.29, 1.82) is 5.26 Å². The number of nitrogens with zero attached hydrogens (tertiary/aromatic N) is 4. The zero-order valence-electron chi connectivity index (χ0n) is 10.9. The Morgan fingerprint density at radius 2 is 2.11 bits per heavy atom. The largest absolute Gasteiger partial charge is 0.396 e. The molecule has 0 aliphatic carbocycles. The molecule has 96 valence electrons. The zero-order chi connectivity index (χ0) is 13.1. The lowest BCUT2D eigenvalue weighted by molar-refractivity contribution is 0.252. The fraction of sp³-hybridized carbons (Fsp3) is 0.538. The number of nitrogens with two attached hydrogens (primary N) is 1. The quantitative estimate of drug-likeness (QED) is 0.844. The van der Waals surface area contributed by atoms with Crippen LogP contribution in [0.25, 0.3) is 0 Å². The highest BCUT2D eigenvalue weighted by Gasteiger charge is 2.21. The van der Waals surface area contributed by atoms with Crippen LogP contribution in [0.5, 0.6) is 0 Å². The topological polar surface area (TPSA) is 69.2 Å². The first-order valence-corrected chi connectivity index (χ1v) is 6.20. The van der Waals surface area contributed by atoms with E-state index < -0.39 is 0 Å². The highest BCUT2D eigenvalue weighted by Crippen LogP contribution is 2.21. The second kappa shape index (κ2) is 5.23. The van der Waals surface area contributed by atoms with Crippen LogP contribution in [-0.4, -0.2) is 43.1 Å². The molecule has 1 aliphatic rings. The zero-order valence-corrected chi connectivity index (χ0v) is 10.9. The van der Waals surface area contributed by atoms with Gasteiger partial charge in [0.15, 0.2) is 5.69 Å². The average Bonchev–Trinajstić information content (AvgIpc) is 2.39. The van der Waals surface area contributed by atoms with Gasteiger partial charge in [-0.05, 0) is 45.1 Å². The number of nitriles is 1. The lowest BCUT2D eigenvalue weighted by Crippen LogP contribution is -2.42. The SMILES string of the molecule is CN1CCC(N(C)c2ccc(N)c(C#N)n2)CC1. The maximum atomic E-state index is 8.95. The summed E-state index contributed by atoms with van der Waals surface area (Å²) in [6, 6.07) is 6.16. The number of pyridine rings is 1. The van der Waals surface area contributed by atoms with Crippen LogP contribution in [-0.2, 0) is 0 Å². The molecule has 0 bridgehead atoms. The van der Waals surface area contributed by atoms with Crippen LogP contribution >= 0.6 is 0 Å². The maximum Gasteiger partial charge on any atom is 0.165 e. The van der Waals surface area contributed by atoms with Crippen LogP contribution in [0, 0.1) is 11.3 Å². The van der Waals surface area contributed by atoms with Crippen molar-refractivity contribution in [3.8, 4) is 6.07 Å². The van der Waals surface area contributed by atoms with Crippen molar-refractivity contribution in [1.82, 2.24) is 9.88 Å². The molecule has 0 radical (unpaired) electrons. The molecule has 0 aromatic carbocycles. The third-order valence-corrected chi connectivity index (χ3v) is 3.61. The number of piperidine rings is 1. The summed E-state index contributed by atoms with van der Waals surface area (Å²) in [4.78, 5) is 8.81. The van der Waals surface area contributed by atoms with Crippen LogP contribution in [0.15, 0.2) is 12.1 Å². The summed E-state index contributed by atoms with van der Waals surface area (Å²) in [5, 5.41) is 8.95. The number of rotatable bonds is 2. The molecule has 0 amide bonds. The van der Waals surface area contributed by atoms with Crippen LogP contribution in [0.3, 0.4) is 0 Å². The molecule has 18 heavy (non-hydrogen) atoms. The number of hydrogen-bond donors (Lipinski definition) is 1. The number of anilines is 2. The van der Waals surface area contributed by atoms with E-state index in [1.165, 1.54) is 0 Å². The molecular weight excluding hydrogens is 226 g/mol. The van der Waals surface area contributed by atoms with Crippen molar-refractivity contribution in [3.05, 3.63) is 17.8 Å². The van der Waals surface area contributed by atoms with Crippen LogP contribution in [0.4, 0.5) is 11.5 Å². The molecule has 2 N–H and O–H groups in total. The van der Waals surface area contributed by atoms with Gasteiger partial charge in [0, 0.05) is 13.1 Å². The summed E-state index contributed by atoms with van der Waals surface area (Å²) in [6.07, 6.45) is 2.25. The summed E-state index contributed by atoms with van der Waals surface area (Å²) >= 11 is 0. The Labute approximate surface area is 108 Å². The van der Waals surface area contributed by atoms with Gasteiger partial charge in [0.05, 0.1) is 5.69 Å². The molecule has 1 aliphatic heterocycles. The Morgan fingerprint density at radius 3 is 2.72 bits per heavy atom. The molecule has 1 aromatic rings. The van der Waals surface area contributed by atoms with Crippen molar-refractivity contribution >= 4 is 11.5 Å². The number of hydrogen-bond acceptors (Lipinski definition) is 5. The van der Waals surface area contributed by atoms with Crippen molar-refractivity contribution in [3.63, 3.8) is 0 Å². The molecule has 1 saturated heterocycles. The molecule has 0 atom stereocenters. The first-order chi connectivity index (χ1) is 8.61. The molecule has 0 saturated carbocycles. The highest BCUT2D eigenvalue weighted by molar-refractivity contribution is 5.55. The molecule has 5 heteroatoms. The molecule has 0 unspecified atom stereocenters. The first kappa shape index (κ1) is 12.7. The van der Waals surface area contributed by atoms with Gasteiger partial charge >= 0.3 is 0 Å². The third kappa shape index (κ3) is 2.54. The van der Waals surface area contributed by atoms with E-state index in [-0.39, 0.29) is 0 Å². The standard InChI is InChI=1S/C13H19N5/c1-17-7-5-10(6-8-17)18(2)13-4-3-11(15)12(9-14)16-13/h3-4,10H,5-8,15H2,1-2H3. The van der Waals surface area contributed by atoms with Gasteiger partial charge in [-0.1, -0.05) is 0 Å². The minimum atomic E-state index is 0.312. The summed E-state index contributed by atoms with van der Waals surface area (Å²) in [7, 11) is 4.18. The lowest BCUT2D eigenvalue weighted by atomic mass is 10.0. The fourth-order valence-electron chi connectivity index (χ4n) is 2.31. The minimum absolute atomic E-state index is 0.312. The molecule has 2 rings (SSSR count). The molecular formula is C13H19N5. The summed E-state index contributed by atoms with van der Waals surface area (Å²) < 4.78 is 0. The van der Waals surface area contributed by atoms with Crippen LogP contribution < -0.4 is 10.6 Å². The van der Waals surface area contributed by atoms with E-state index in [1.807, 2.05) is 19.2 Å². The second-order valence-electron chi connectivity index (χ2n) is 4.86. The predicted molar refractivity (Wildman–Crippen MR) is 72.3 cm³/mol. The highest BCUT2D eigenvalue weighted by atomic mass is 15.2. The molecule has 1 aromatic heterocycles.